The predicted octanol–water partition coefficient (Wildman–Crippen LogP) is 0.0345. The fraction of sp³-hybridized carbons (Fsp3) is 0.278. The maximum Gasteiger partial charge on any atom is 0.254 e. The summed E-state index contributed by atoms with van der Waals surface area (Å²) in [5.41, 5.74) is 7.10. The lowest BCUT2D eigenvalue weighted by molar-refractivity contribution is 0.100. The minimum atomic E-state index is -0.633. The molecule has 1 aromatic carbocycles. The van der Waals surface area contributed by atoms with Crippen LogP contribution >= 0.6 is 0 Å². The number of hydrogen-bond acceptors (Lipinski definition) is 9. The first-order chi connectivity index (χ1) is 14.1. The van der Waals surface area contributed by atoms with Crippen LogP contribution in [0.25, 0.3) is 5.69 Å². The molecule has 1 fully saturated rings. The largest absolute Gasteiger partial charge is 0.395 e. The van der Waals surface area contributed by atoms with Gasteiger partial charge in [-0.05, 0) is 24.6 Å². The van der Waals surface area contributed by atoms with Gasteiger partial charge in [-0.2, -0.15) is 20.0 Å². The summed E-state index contributed by atoms with van der Waals surface area (Å²) in [6, 6.07) is 7.48. The Morgan fingerprint density at radius 1 is 1.34 bits per heavy atom. The molecule has 0 saturated carbocycles. The van der Waals surface area contributed by atoms with Crippen molar-refractivity contribution in [2.24, 2.45) is 5.73 Å². The summed E-state index contributed by atoms with van der Waals surface area (Å²) in [6.07, 6.45) is 5.32. The van der Waals surface area contributed by atoms with Crippen LogP contribution in [0.2, 0.25) is 0 Å². The second kappa shape index (κ2) is 8.20. The second-order valence-electron chi connectivity index (χ2n) is 6.68. The number of nitrogens with one attached hydrogen (secondary N) is 3. The summed E-state index contributed by atoms with van der Waals surface area (Å²) in [6.45, 7) is 0.766. The van der Waals surface area contributed by atoms with Crippen molar-refractivity contribution in [3.63, 3.8) is 0 Å². The van der Waals surface area contributed by atoms with Gasteiger partial charge in [0.25, 0.3) is 5.91 Å². The summed E-state index contributed by atoms with van der Waals surface area (Å²) in [4.78, 5) is 21.9. The van der Waals surface area contributed by atoms with Crippen LogP contribution < -0.4 is 21.7 Å². The van der Waals surface area contributed by atoms with Crippen LogP contribution in [0.3, 0.4) is 0 Å². The van der Waals surface area contributed by atoms with Gasteiger partial charge in [0.1, 0.15) is 11.4 Å². The van der Waals surface area contributed by atoms with Gasteiger partial charge in [0.05, 0.1) is 24.7 Å². The van der Waals surface area contributed by atoms with Gasteiger partial charge in [-0.1, -0.05) is 6.07 Å². The molecule has 0 radical (unpaired) electrons. The van der Waals surface area contributed by atoms with Gasteiger partial charge in [-0.25, -0.2) is 4.98 Å². The fourth-order valence-electron chi connectivity index (χ4n) is 3.17. The first kappa shape index (κ1) is 18.8. The first-order valence-corrected chi connectivity index (χ1v) is 9.14. The van der Waals surface area contributed by atoms with Gasteiger partial charge in [-0.3, -0.25) is 4.79 Å². The Bertz CT molecular complexity index is 993. The fourth-order valence-corrected chi connectivity index (χ4v) is 3.17. The molecule has 11 nitrogen and oxygen atoms in total. The number of primary amides is 1. The number of aliphatic hydroxyl groups is 1. The molecule has 2 unspecified atom stereocenters. The molecule has 11 heteroatoms. The van der Waals surface area contributed by atoms with E-state index in [9.17, 15) is 9.90 Å². The first-order valence-electron chi connectivity index (χ1n) is 9.14. The molecule has 0 spiro atoms. The monoisotopic (exact) mass is 395 g/mol. The highest BCUT2D eigenvalue weighted by molar-refractivity contribution is 5.98. The summed E-state index contributed by atoms with van der Waals surface area (Å²) < 4.78 is 0. The molecule has 2 atom stereocenters. The molecule has 0 bridgehead atoms. The molecular formula is C18H21N9O2. The maximum absolute atomic E-state index is 11.8. The summed E-state index contributed by atoms with van der Waals surface area (Å²) in [7, 11) is 0. The smallest absolute Gasteiger partial charge is 0.254 e. The Hall–Kier alpha value is -3.57. The van der Waals surface area contributed by atoms with E-state index in [-0.39, 0.29) is 24.3 Å². The molecule has 29 heavy (non-hydrogen) atoms. The molecule has 150 valence electrons. The predicted molar refractivity (Wildman–Crippen MR) is 106 cm³/mol. The average Bonchev–Trinajstić information content (AvgIpc) is 3.40. The molecule has 3 aromatic rings. The highest BCUT2D eigenvalue weighted by Crippen LogP contribution is 2.22. The van der Waals surface area contributed by atoms with Gasteiger partial charge >= 0.3 is 0 Å². The normalized spacial score (nSPS) is 18.5. The van der Waals surface area contributed by atoms with E-state index in [0.717, 1.165) is 12.1 Å². The third-order valence-electron chi connectivity index (χ3n) is 4.59. The van der Waals surface area contributed by atoms with Crippen molar-refractivity contribution in [1.82, 2.24) is 30.3 Å². The maximum atomic E-state index is 11.8. The Morgan fingerprint density at radius 3 is 2.90 bits per heavy atom. The van der Waals surface area contributed by atoms with Crippen LogP contribution in [0.1, 0.15) is 16.8 Å². The van der Waals surface area contributed by atoms with Crippen LogP contribution in [0.4, 0.5) is 17.5 Å². The number of anilines is 3. The van der Waals surface area contributed by atoms with E-state index in [1.54, 1.807) is 12.4 Å². The third-order valence-corrected chi connectivity index (χ3v) is 4.59. The van der Waals surface area contributed by atoms with E-state index in [4.69, 9.17) is 5.73 Å². The van der Waals surface area contributed by atoms with Gasteiger partial charge in [0.2, 0.25) is 5.95 Å². The van der Waals surface area contributed by atoms with Crippen LogP contribution in [0, 0.1) is 0 Å². The van der Waals surface area contributed by atoms with Crippen molar-refractivity contribution in [3.8, 4) is 5.69 Å². The van der Waals surface area contributed by atoms with Crippen LogP contribution in [0.15, 0.2) is 42.9 Å². The quantitative estimate of drug-likeness (QED) is 0.372. The lowest BCUT2D eigenvalue weighted by Crippen LogP contribution is -2.25. The molecule has 2 aromatic heterocycles. The van der Waals surface area contributed by atoms with Crippen LogP contribution in [-0.4, -0.2) is 61.2 Å². The molecule has 1 saturated heterocycles. The van der Waals surface area contributed by atoms with Gasteiger partial charge in [0, 0.05) is 30.5 Å². The number of carbonyl (C=O) groups excluding carboxylic acids is 1. The molecule has 3 heterocycles. The van der Waals surface area contributed by atoms with Gasteiger partial charge in [0.15, 0.2) is 0 Å². The molecule has 0 aliphatic carbocycles. The van der Waals surface area contributed by atoms with Crippen molar-refractivity contribution < 1.29 is 9.90 Å². The van der Waals surface area contributed by atoms with Crippen molar-refractivity contribution in [2.75, 3.05) is 23.8 Å². The van der Waals surface area contributed by atoms with Gasteiger partial charge in [-0.15, -0.1) is 0 Å². The highest BCUT2D eigenvalue weighted by atomic mass is 16.3. The van der Waals surface area contributed by atoms with Gasteiger partial charge < -0.3 is 26.8 Å². The van der Waals surface area contributed by atoms with E-state index in [1.165, 1.54) is 11.0 Å². The number of carbonyl (C=O) groups is 1. The number of benzene rings is 1. The number of nitrogens with zero attached hydrogens (tertiary/aromatic N) is 5. The Labute approximate surface area is 166 Å². The second-order valence-corrected chi connectivity index (χ2v) is 6.68. The number of hydrogen-bond donors (Lipinski definition) is 5. The Kier molecular flexibility index (Phi) is 5.31. The third kappa shape index (κ3) is 4.31. The van der Waals surface area contributed by atoms with Crippen molar-refractivity contribution in [2.45, 2.75) is 18.5 Å². The zero-order valence-electron chi connectivity index (χ0n) is 15.5. The minimum absolute atomic E-state index is 0.0497. The van der Waals surface area contributed by atoms with E-state index >= 15 is 0 Å². The number of aliphatic hydroxyl groups excluding tert-OH is 1. The number of amides is 1. The van der Waals surface area contributed by atoms with Crippen molar-refractivity contribution >= 4 is 23.4 Å². The topological polar surface area (TPSA) is 156 Å². The van der Waals surface area contributed by atoms with E-state index < -0.39 is 5.91 Å². The highest BCUT2D eigenvalue weighted by Gasteiger charge is 2.24. The average molecular weight is 395 g/mol. The zero-order chi connectivity index (χ0) is 20.2. The van der Waals surface area contributed by atoms with E-state index in [2.05, 4.69) is 36.1 Å². The summed E-state index contributed by atoms with van der Waals surface area (Å²) in [5, 5.41) is 27.0. The lowest BCUT2D eigenvalue weighted by Gasteiger charge is -2.15. The summed E-state index contributed by atoms with van der Waals surface area (Å²) >= 11 is 0. The molecule has 4 rings (SSSR count). The molecular weight excluding hydrogens is 374 g/mol. The van der Waals surface area contributed by atoms with E-state index in [0.29, 0.717) is 24.0 Å². The summed E-state index contributed by atoms with van der Waals surface area (Å²) in [5.74, 6) is 0.0323. The van der Waals surface area contributed by atoms with E-state index in [1.807, 2.05) is 24.3 Å². The Balaban J connectivity index is 1.57. The molecule has 6 N–H and O–H groups in total. The SMILES string of the molecule is NC(=O)c1cnc(NC2CNC(CO)C2)nc1Nc1cccc(-n2nccn2)c1. The number of rotatable bonds is 7. The molecule has 1 aliphatic rings. The van der Waals surface area contributed by atoms with Crippen LogP contribution in [-0.2, 0) is 0 Å². The zero-order valence-corrected chi connectivity index (χ0v) is 15.5. The standard InChI is InChI=1S/C18H21N9O2/c19-16(29)15-9-21-18(25-12-6-13(10-28)20-8-12)26-17(15)24-11-2-1-3-14(7-11)27-22-4-5-23-27/h1-5,7,9,12-13,20,28H,6,8,10H2,(H2,19,29)(H2,21,24,25,26). The number of aromatic nitrogens is 5. The Morgan fingerprint density at radius 2 is 2.17 bits per heavy atom. The number of nitrogens with two attached hydrogens (primary N) is 1. The van der Waals surface area contributed by atoms with Crippen molar-refractivity contribution in [3.05, 3.63) is 48.4 Å². The van der Waals surface area contributed by atoms with Crippen molar-refractivity contribution in [1.29, 1.82) is 0 Å². The molecule has 1 aliphatic heterocycles. The minimum Gasteiger partial charge on any atom is -0.395 e. The molecule has 1 amide bonds. The lowest BCUT2D eigenvalue weighted by atomic mass is 10.2. The van der Waals surface area contributed by atoms with Crippen LogP contribution in [0.5, 0.6) is 0 Å².